The molecule has 6 heteroatoms. The van der Waals surface area contributed by atoms with Gasteiger partial charge in [-0.25, -0.2) is 4.68 Å². The predicted molar refractivity (Wildman–Crippen MR) is 86.7 cm³/mol. The molecule has 23 heavy (non-hydrogen) atoms. The number of nitrogens with zero attached hydrogens (tertiary/aromatic N) is 4. The van der Waals surface area contributed by atoms with E-state index in [0.717, 1.165) is 10.2 Å². The summed E-state index contributed by atoms with van der Waals surface area (Å²) >= 11 is 0. The normalized spacial score (nSPS) is 10.7. The smallest absolute Gasteiger partial charge is 0.278 e. The molecule has 0 bridgehead atoms. The Labute approximate surface area is 133 Å². The molecule has 0 spiro atoms. The lowest BCUT2D eigenvalue weighted by atomic mass is 10.2. The highest BCUT2D eigenvalue weighted by atomic mass is 16.2. The first-order valence-corrected chi connectivity index (χ1v) is 7.25. The van der Waals surface area contributed by atoms with Gasteiger partial charge < -0.3 is 4.90 Å². The van der Waals surface area contributed by atoms with Crippen molar-refractivity contribution in [3.63, 3.8) is 0 Å². The molecule has 0 aliphatic heterocycles. The first kappa shape index (κ1) is 14.9. The van der Waals surface area contributed by atoms with Gasteiger partial charge in [-0.05, 0) is 17.7 Å². The first-order chi connectivity index (χ1) is 11.1. The molecule has 0 radical (unpaired) electrons. The van der Waals surface area contributed by atoms with Crippen LogP contribution in [0.15, 0.2) is 59.4 Å². The van der Waals surface area contributed by atoms with E-state index in [1.165, 1.54) is 0 Å². The van der Waals surface area contributed by atoms with Crippen LogP contribution < -0.4 is 5.56 Å². The molecule has 0 N–H and O–H groups in total. The van der Waals surface area contributed by atoms with E-state index < -0.39 is 0 Å². The molecule has 116 valence electrons. The van der Waals surface area contributed by atoms with Crippen LogP contribution in [-0.4, -0.2) is 32.8 Å². The second-order valence-corrected chi connectivity index (χ2v) is 5.30. The van der Waals surface area contributed by atoms with E-state index in [1.54, 1.807) is 36.2 Å². The van der Waals surface area contributed by atoms with E-state index >= 15 is 0 Å². The molecular formula is C17H16N4O2. The molecule has 0 saturated heterocycles. The monoisotopic (exact) mass is 308 g/mol. The van der Waals surface area contributed by atoms with Crippen LogP contribution in [0.3, 0.4) is 0 Å². The maximum atomic E-state index is 12.3. The number of rotatable bonds is 4. The third-order valence-electron chi connectivity index (χ3n) is 3.60. The third-order valence-corrected chi connectivity index (χ3v) is 3.60. The van der Waals surface area contributed by atoms with Gasteiger partial charge in [0.25, 0.3) is 5.56 Å². The van der Waals surface area contributed by atoms with Gasteiger partial charge in [0.05, 0.1) is 5.39 Å². The fourth-order valence-corrected chi connectivity index (χ4v) is 2.32. The summed E-state index contributed by atoms with van der Waals surface area (Å²) in [7, 11) is 1.70. The van der Waals surface area contributed by atoms with Crippen LogP contribution in [0.2, 0.25) is 0 Å². The molecule has 0 unspecified atom stereocenters. The van der Waals surface area contributed by atoms with Gasteiger partial charge in [0.2, 0.25) is 5.91 Å². The molecule has 3 aromatic rings. The average molecular weight is 308 g/mol. The summed E-state index contributed by atoms with van der Waals surface area (Å²) in [6.07, 6.45) is 0. The zero-order chi connectivity index (χ0) is 16.2. The van der Waals surface area contributed by atoms with Crippen molar-refractivity contribution in [2.45, 2.75) is 13.1 Å². The number of hydrogen-bond acceptors (Lipinski definition) is 4. The number of carbonyl (C=O) groups excluding carboxylic acids is 1. The van der Waals surface area contributed by atoms with Crippen molar-refractivity contribution in [2.24, 2.45) is 0 Å². The molecule has 0 aliphatic rings. The van der Waals surface area contributed by atoms with Crippen LogP contribution in [0.5, 0.6) is 0 Å². The van der Waals surface area contributed by atoms with Crippen LogP contribution in [0.25, 0.3) is 10.9 Å². The van der Waals surface area contributed by atoms with Gasteiger partial charge in [-0.3, -0.25) is 9.59 Å². The van der Waals surface area contributed by atoms with Crippen molar-refractivity contribution < 1.29 is 4.79 Å². The Hall–Kier alpha value is -3.02. The quantitative estimate of drug-likeness (QED) is 0.731. The van der Waals surface area contributed by atoms with Crippen molar-refractivity contribution >= 4 is 16.8 Å². The highest BCUT2D eigenvalue weighted by Crippen LogP contribution is 2.05. The van der Waals surface area contributed by atoms with Crippen LogP contribution in [0.1, 0.15) is 5.56 Å². The molecule has 0 saturated carbocycles. The lowest BCUT2D eigenvalue weighted by Gasteiger charge is -2.17. The molecule has 1 heterocycles. The second kappa shape index (κ2) is 6.39. The van der Waals surface area contributed by atoms with Gasteiger partial charge in [0.15, 0.2) is 0 Å². The Kier molecular flexibility index (Phi) is 4.14. The van der Waals surface area contributed by atoms with Crippen molar-refractivity contribution in [1.82, 2.24) is 19.9 Å². The molecule has 0 atom stereocenters. The maximum absolute atomic E-state index is 12.3. The summed E-state index contributed by atoms with van der Waals surface area (Å²) in [5, 5.41) is 8.28. The van der Waals surface area contributed by atoms with Crippen LogP contribution in [0, 0.1) is 0 Å². The number of benzene rings is 2. The zero-order valence-electron chi connectivity index (χ0n) is 12.7. The molecule has 3 rings (SSSR count). The zero-order valence-corrected chi connectivity index (χ0v) is 12.7. The number of likely N-dealkylation sites (N-methyl/N-ethyl adjacent to an activating group) is 1. The van der Waals surface area contributed by atoms with Gasteiger partial charge in [-0.15, -0.1) is 5.10 Å². The van der Waals surface area contributed by atoms with Gasteiger partial charge in [0.1, 0.15) is 12.1 Å². The van der Waals surface area contributed by atoms with E-state index in [2.05, 4.69) is 10.3 Å². The standard InChI is InChI=1S/C17H16N4O2/c1-20(11-13-7-3-2-4-8-13)16(22)12-21-17(23)14-9-5-6-10-15(14)18-19-21/h2-10H,11-12H2,1H3. The molecule has 2 aromatic carbocycles. The molecule has 0 fully saturated rings. The largest absolute Gasteiger partial charge is 0.340 e. The molecule has 6 nitrogen and oxygen atoms in total. The summed E-state index contributed by atoms with van der Waals surface area (Å²) in [5.41, 5.74) is 1.25. The summed E-state index contributed by atoms with van der Waals surface area (Å²) in [6.45, 7) is 0.357. The van der Waals surface area contributed by atoms with E-state index in [4.69, 9.17) is 0 Å². The number of carbonyl (C=O) groups is 1. The summed E-state index contributed by atoms with van der Waals surface area (Å²) < 4.78 is 1.10. The predicted octanol–water partition coefficient (Wildman–Crippen LogP) is 1.45. The lowest BCUT2D eigenvalue weighted by Crippen LogP contribution is -2.35. The molecule has 0 aliphatic carbocycles. The SMILES string of the molecule is CN(Cc1ccccc1)C(=O)Cn1nnc2ccccc2c1=O. The molecule has 1 aromatic heterocycles. The van der Waals surface area contributed by atoms with Crippen LogP contribution >= 0.6 is 0 Å². The number of aromatic nitrogens is 3. The Morgan fingerprint density at radius 3 is 2.57 bits per heavy atom. The third kappa shape index (κ3) is 3.26. The van der Waals surface area contributed by atoms with Crippen molar-refractivity contribution in [1.29, 1.82) is 0 Å². The number of hydrogen-bond donors (Lipinski definition) is 0. The van der Waals surface area contributed by atoms with Gasteiger partial charge in [-0.2, -0.15) is 0 Å². The Bertz CT molecular complexity index is 890. The Balaban J connectivity index is 1.77. The van der Waals surface area contributed by atoms with E-state index in [-0.39, 0.29) is 18.0 Å². The number of amides is 1. The van der Waals surface area contributed by atoms with Crippen molar-refractivity contribution in [3.8, 4) is 0 Å². The van der Waals surface area contributed by atoms with E-state index in [9.17, 15) is 9.59 Å². The fourth-order valence-electron chi connectivity index (χ4n) is 2.32. The van der Waals surface area contributed by atoms with E-state index in [1.807, 2.05) is 30.3 Å². The minimum Gasteiger partial charge on any atom is -0.340 e. The average Bonchev–Trinajstić information content (AvgIpc) is 2.58. The Morgan fingerprint density at radius 1 is 1.09 bits per heavy atom. The van der Waals surface area contributed by atoms with Crippen LogP contribution in [-0.2, 0) is 17.9 Å². The minimum atomic E-state index is -0.308. The topological polar surface area (TPSA) is 68.1 Å². The molecule has 1 amide bonds. The maximum Gasteiger partial charge on any atom is 0.278 e. The van der Waals surface area contributed by atoms with E-state index in [0.29, 0.717) is 17.4 Å². The van der Waals surface area contributed by atoms with Crippen molar-refractivity contribution in [2.75, 3.05) is 7.05 Å². The second-order valence-electron chi connectivity index (χ2n) is 5.30. The van der Waals surface area contributed by atoms with Crippen LogP contribution in [0.4, 0.5) is 0 Å². The van der Waals surface area contributed by atoms with Gasteiger partial charge in [-0.1, -0.05) is 47.7 Å². The fraction of sp³-hybridized carbons (Fsp3) is 0.176. The number of fused-ring (bicyclic) bond motifs is 1. The highest BCUT2D eigenvalue weighted by molar-refractivity contribution is 5.78. The van der Waals surface area contributed by atoms with Crippen molar-refractivity contribution in [3.05, 3.63) is 70.5 Å². The summed E-state index contributed by atoms with van der Waals surface area (Å²) in [4.78, 5) is 26.2. The Morgan fingerprint density at radius 2 is 1.78 bits per heavy atom. The summed E-state index contributed by atoms with van der Waals surface area (Å²) in [5.74, 6) is -0.194. The first-order valence-electron chi connectivity index (χ1n) is 7.25. The minimum absolute atomic E-state index is 0.125. The van der Waals surface area contributed by atoms with Gasteiger partial charge >= 0.3 is 0 Å². The lowest BCUT2D eigenvalue weighted by molar-refractivity contribution is -0.131. The highest BCUT2D eigenvalue weighted by Gasteiger charge is 2.13. The van der Waals surface area contributed by atoms with Gasteiger partial charge in [0, 0.05) is 13.6 Å². The summed E-state index contributed by atoms with van der Waals surface area (Å²) in [6, 6.07) is 16.6. The molecular weight excluding hydrogens is 292 g/mol.